The van der Waals surface area contributed by atoms with Gasteiger partial charge in [-0.3, -0.25) is 14.2 Å². The summed E-state index contributed by atoms with van der Waals surface area (Å²) in [6.45, 7) is 8.67. The minimum atomic E-state index is -3.07. The van der Waals surface area contributed by atoms with Crippen molar-refractivity contribution in [2.24, 2.45) is 5.92 Å². The third kappa shape index (κ3) is 4.54. The van der Waals surface area contributed by atoms with Gasteiger partial charge in [-0.15, -0.1) is 17.9 Å². The number of hydrogen-bond donors (Lipinski definition) is 0. The molecule has 7 nitrogen and oxygen atoms in total. The van der Waals surface area contributed by atoms with Crippen LogP contribution in [0.4, 0.5) is 0 Å². The molecule has 0 saturated carbocycles. The van der Waals surface area contributed by atoms with Crippen LogP contribution in [0.3, 0.4) is 0 Å². The van der Waals surface area contributed by atoms with Crippen LogP contribution in [-0.4, -0.2) is 58.6 Å². The van der Waals surface area contributed by atoms with E-state index in [0.717, 1.165) is 35.0 Å². The fourth-order valence-electron chi connectivity index (χ4n) is 4.67. The summed E-state index contributed by atoms with van der Waals surface area (Å²) >= 11 is 2.84. The Hall–Kier alpha value is -1.65. The highest BCUT2D eigenvalue weighted by atomic mass is 32.2. The van der Waals surface area contributed by atoms with Gasteiger partial charge in [0.25, 0.3) is 5.56 Å². The predicted molar refractivity (Wildman–Crippen MR) is 130 cm³/mol. The van der Waals surface area contributed by atoms with Crippen molar-refractivity contribution in [3.8, 4) is 0 Å². The van der Waals surface area contributed by atoms with Crippen molar-refractivity contribution in [1.29, 1.82) is 0 Å². The Labute approximate surface area is 196 Å². The zero-order chi connectivity index (χ0) is 23.0. The number of aryl methyl sites for hydroxylation is 1. The Balaban J connectivity index is 1.61. The lowest BCUT2D eigenvalue weighted by molar-refractivity contribution is -0.129. The van der Waals surface area contributed by atoms with Gasteiger partial charge in [-0.1, -0.05) is 24.8 Å². The van der Waals surface area contributed by atoms with E-state index < -0.39 is 9.84 Å². The fourth-order valence-corrected chi connectivity index (χ4v) is 8.72. The molecule has 32 heavy (non-hydrogen) atoms. The van der Waals surface area contributed by atoms with Crippen molar-refractivity contribution in [3.63, 3.8) is 0 Å². The molecule has 2 aromatic heterocycles. The molecule has 174 valence electrons. The quantitative estimate of drug-likeness (QED) is 0.333. The van der Waals surface area contributed by atoms with Gasteiger partial charge in [-0.2, -0.15) is 0 Å². The van der Waals surface area contributed by atoms with Gasteiger partial charge in [-0.25, -0.2) is 13.4 Å². The summed E-state index contributed by atoms with van der Waals surface area (Å²) in [5.74, 6) is 0.756. The molecule has 2 unspecified atom stereocenters. The summed E-state index contributed by atoms with van der Waals surface area (Å²) in [5.41, 5.74) is 1.08. The highest BCUT2D eigenvalue weighted by Gasteiger charge is 2.34. The summed E-state index contributed by atoms with van der Waals surface area (Å²) in [7, 11) is -3.07. The average Bonchev–Trinajstić information content (AvgIpc) is 3.28. The SMILES string of the molecule is C=CCn1c(SCC(=O)N(CC)C2CCS(=O)(=O)C2)nc2sc3c(c2c1=O)CCC(C)C3. The molecule has 0 bridgehead atoms. The third-order valence-electron chi connectivity index (χ3n) is 6.33. The van der Waals surface area contributed by atoms with E-state index in [1.54, 1.807) is 26.9 Å². The van der Waals surface area contributed by atoms with Crippen LogP contribution in [0.1, 0.15) is 37.1 Å². The highest BCUT2D eigenvalue weighted by molar-refractivity contribution is 7.99. The van der Waals surface area contributed by atoms with E-state index in [4.69, 9.17) is 4.98 Å². The molecule has 0 spiro atoms. The molecular formula is C22H29N3O4S3. The Morgan fingerprint density at radius 3 is 2.84 bits per heavy atom. The van der Waals surface area contributed by atoms with Crippen molar-refractivity contribution >= 4 is 49.1 Å². The van der Waals surface area contributed by atoms with E-state index in [9.17, 15) is 18.0 Å². The van der Waals surface area contributed by atoms with Crippen molar-refractivity contribution in [2.75, 3.05) is 23.8 Å². The number of rotatable bonds is 7. The van der Waals surface area contributed by atoms with Gasteiger partial charge < -0.3 is 4.90 Å². The van der Waals surface area contributed by atoms with Gasteiger partial charge in [0, 0.05) is 24.0 Å². The van der Waals surface area contributed by atoms with Crippen LogP contribution in [0.15, 0.2) is 22.6 Å². The first-order valence-electron chi connectivity index (χ1n) is 11.0. The molecule has 0 aromatic carbocycles. The molecular weight excluding hydrogens is 466 g/mol. The van der Waals surface area contributed by atoms with Crippen molar-refractivity contribution in [3.05, 3.63) is 33.4 Å². The first-order valence-corrected chi connectivity index (χ1v) is 14.6. The van der Waals surface area contributed by atoms with Crippen molar-refractivity contribution < 1.29 is 13.2 Å². The second-order valence-electron chi connectivity index (χ2n) is 8.66. The first-order chi connectivity index (χ1) is 15.2. The second kappa shape index (κ2) is 9.30. The summed E-state index contributed by atoms with van der Waals surface area (Å²) < 4.78 is 25.3. The van der Waals surface area contributed by atoms with Crippen LogP contribution in [0.2, 0.25) is 0 Å². The lowest BCUT2D eigenvalue weighted by Gasteiger charge is -2.26. The van der Waals surface area contributed by atoms with Crippen LogP contribution < -0.4 is 5.56 Å². The van der Waals surface area contributed by atoms with Crippen LogP contribution in [0, 0.1) is 5.92 Å². The largest absolute Gasteiger partial charge is 0.338 e. The van der Waals surface area contributed by atoms with E-state index in [0.29, 0.717) is 30.6 Å². The van der Waals surface area contributed by atoms with Crippen LogP contribution in [0.25, 0.3) is 10.2 Å². The second-order valence-corrected chi connectivity index (χ2v) is 12.9. The third-order valence-corrected chi connectivity index (χ3v) is 10.2. The zero-order valence-electron chi connectivity index (χ0n) is 18.5. The van der Waals surface area contributed by atoms with Crippen LogP contribution in [0.5, 0.6) is 0 Å². The Morgan fingerprint density at radius 2 is 2.19 bits per heavy atom. The molecule has 10 heteroatoms. The molecule has 4 rings (SSSR count). The molecule has 1 saturated heterocycles. The summed E-state index contributed by atoms with van der Waals surface area (Å²) in [5, 5.41) is 1.23. The fraction of sp³-hybridized carbons (Fsp3) is 0.591. The van der Waals surface area contributed by atoms with Crippen molar-refractivity contribution in [1.82, 2.24) is 14.5 Å². The average molecular weight is 496 g/mol. The normalized spacial score (nSPS) is 22.1. The van der Waals surface area contributed by atoms with Crippen LogP contribution in [-0.2, 0) is 34.0 Å². The lowest BCUT2D eigenvalue weighted by atomic mass is 9.89. The number of aromatic nitrogens is 2. The number of carbonyl (C=O) groups is 1. The standard InChI is InChI=1S/C22H29N3O4S3/c1-4-9-25-21(27)19-16-7-6-14(3)11-17(16)31-20(19)23-22(25)30-12-18(26)24(5-2)15-8-10-32(28,29)13-15/h4,14-15H,1,5-13H2,2-3H3. The molecule has 2 aliphatic rings. The number of sulfone groups is 1. The van der Waals surface area contributed by atoms with Gasteiger partial charge in [0.2, 0.25) is 5.91 Å². The highest BCUT2D eigenvalue weighted by Crippen LogP contribution is 2.36. The van der Waals surface area contributed by atoms with Crippen molar-refractivity contribution in [2.45, 2.75) is 57.3 Å². The number of thiophene rings is 1. The molecule has 0 N–H and O–H groups in total. The lowest BCUT2D eigenvalue weighted by Crippen LogP contribution is -2.42. The van der Waals surface area contributed by atoms with Gasteiger partial charge in [0.15, 0.2) is 15.0 Å². The maximum atomic E-state index is 13.4. The van der Waals surface area contributed by atoms with E-state index in [2.05, 4.69) is 13.5 Å². The number of nitrogens with zero attached hydrogens (tertiary/aromatic N) is 3. The van der Waals surface area contributed by atoms with E-state index in [1.807, 2.05) is 6.92 Å². The minimum absolute atomic E-state index is 0.0296. The van der Waals surface area contributed by atoms with E-state index in [1.165, 1.54) is 16.6 Å². The Bertz CT molecular complexity index is 1220. The monoisotopic (exact) mass is 495 g/mol. The molecule has 2 atom stereocenters. The molecule has 1 amide bonds. The van der Waals surface area contributed by atoms with Gasteiger partial charge >= 0.3 is 0 Å². The molecule has 1 fully saturated rings. The smallest absolute Gasteiger partial charge is 0.263 e. The zero-order valence-corrected chi connectivity index (χ0v) is 21.0. The molecule has 1 aliphatic heterocycles. The summed E-state index contributed by atoms with van der Waals surface area (Å²) in [6.07, 6.45) is 5.12. The van der Waals surface area contributed by atoms with Gasteiger partial charge in [0.1, 0.15) is 4.83 Å². The maximum Gasteiger partial charge on any atom is 0.263 e. The van der Waals surface area contributed by atoms with Crippen LogP contribution >= 0.6 is 23.1 Å². The summed E-state index contributed by atoms with van der Waals surface area (Å²) in [4.78, 5) is 34.8. The molecule has 3 heterocycles. The van der Waals surface area contributed by atoms with E-state index in [-0.39, 0.29) is 34.8 Å². The number of hydrogen-bond acceptors (Lipinski definition) is 7. The number of fused-ring (bicyclic) bond motifs is 3. The number of amides is 1. The maximum absolute atomic E-state index is 13.4. The minimum Gasteiger partial charge on any atom is -0.338 e. The topological polar surface area (TPSA) is 89.3 Å². The molecule has 1 aliphatic carbocycles. The first kappa shape index (κ1) is 23.5. The Kier molecular flexibility index (Phi) is 6.84. The van der Waals surface area contributed by atoms with Gasteiger partial charge in [0.05, 0.1) is 22.6 Å². The molecule has 2 aromatic rings. The predicted octanol–water partition coefficient (Wildman–Crippen LogP) is 2.90. The van der Waals surface area contributed by atoms with E-state index >= 15 is 0 Å². The number of carbonyl (C=O) groups excluding carboxylic acids is 1. The number of allylic oxidation sites excluding steroid dienone is 1. The number of thioether (sulfide) groups is 1. The molecule has 0 radical (unpaired) electrons. The summed E-state index contributed by atoms with van der Waals surface area (Å²) in [6, 6.07) is -0.269. The van der Waals surface area contributed by atoms with Gasteiger partial charge in [-0.05, 0) is 44.1 Å². The Morgan fingerprint density at radius 1 is 1.41 bits per heavy atom.